The summed E-state index contributed by atoms with van der Waals surface area (Å²) in [5.41, 5.74) is 0.633. The van der Waals surface area contributed by atoms with Crippen LogP contribution in [0.15, 0.2) is 30.3 Å². The maximum Gasteiger partial charge on any atom is 0.408 e. The Hall–Kier alpha value is -3.37. The van der Waals surface area contributed by atoms with Gasteiger partial charge in [-0.2, -0.15) is 0 Å². The van der Waals surface area contributed by atoms with Gasteiger partial charge in [-0.3, -0.25) is 19.2 Å². The van der Waals surface area contributed by atoms with E-state index < -0.39 is 60.9 Å². The van der Waals surface area contributed by atoms with Crippen molar-refractivity contribution in [3.63, 3.8) is 0 Å². The zero-order valence-corrected chi connectivity index (χ0v) is 15.4. The van der Waals surface area contributed by atoms with Crippen LogP contribution in [0, 0.1) is 0 Å². The molecule has 0 saturated heterocycles. The molecule has 158 valence electrons. The van der Waals surface area contributed by atoms with E-state index in [0.29, 0.717) is 5.56 Å². The molecule has 1 aromatic rings. The van der Waals surface area contributed by atoms with Gasteiger partial charge >= 0.3 is 12.1 Å². The Morgan fingerprint density at radius 1 is 1.10 bits per heavy atom. The fraction of sp³-hybridized carbons (Fsp3) is 0.389. The van der Waals surface area contributed by atoms with Gasteiger partial charge in [0.2, 0.25) is 17.5 Å². The van der Waals surface area contributed by atoms with Gasteiger partial charge in [0.15, 0.2) is 6.67 Å². The van der Waals surface area contributed by atoms with Crippen LogP contribution in [-0.2, 0) is 30.5 Å². The summed E-state index contributed by atoms with van der Waals surface area (Å²) >= 11 is 0. The Balaban J connectivity index is 2.78. The van der Waals surface area contributed by atoms with Crippen LogP contribution in [0.3, 0.4) is 0 Å². The number of alkyl carbamates (subject to hydrolysis) is 1. The standard InChI is InChI=1S/C18H20F2N2O7/c1-10(20)15(22-18(28)29-9-11-5-3-2-4-6-11)17(27)21-12(7-14(24)25)16(26)13(23)8-19/h2-6,10,12,15H,7-9H2,1H3,(H,21,27)(H,22,28)(H,24,25). The molecule has 3 atom stereocenters. The van der Waals surface area contributed by atoms with Crippen molar-refractivity contribution in [3.05, 3.63) is 35.9 Å². The minimum Gasteiger partial charge on any atom is -0.481 e. The van der Waals surface area contributed by atoms with Gasteiger partial charge in [0.25, 0.3) is 0 Å². The van der Waals surface area contributed by atoms with E-state index in [-0.39, 0.29) is 6.61 Å². The molecule has 3 N–H and O–H groups in total. The number of carbonyl (C=O) groups is 5. The maximum atomic E-state index is 13.8. The molecular formula is C18H20F2N2O7. The highest BCUT2D eigenvalue weighted by atomic mass is 19.1. The van der Waals surface area contributed by atoms with E-state index in [1.807, 2.05) is 10.6 Å². The molecule has 11 heteroatoms. The van der Waals surface area contributed by atoms with Crippen molar-refractivity contribution in [3.8, 4) is 0 Å². The highest BCUT2D eigenvalue weighted by Crippen LogP contribution is 2.05. The molecule has 0 aromatic heterocycles. The Kier molecular flexibility index (Phi) is 9.36. The van der Waals surface area contributed by atoms with Gasteiger partial charge in [0, 0.05) is 0 Å². The van der Waals surface area contributed by atoms with E-state index in [4.69, 9.17) is 9.84 Å². The SMILES string of the molecule is CC(F)C(NC(=O)OCc1ccccc1)C(=O)NC(CC(=O)O)C(=O)C(=O)CF. The van der Waals surface area contributed by atoms with E-state index in [1.54, 1.807) is 30.3 Å². The summed E-state index contributed by atoms with van der Waals surface area (Å²) in [6, 6.07) is 4.73. The van der Waals surface area contributed by atoms with Crippen molar-refractivity contribution in [1.82, 2.24) is 10.6 Å². The minimum absolute atomic E-state index is 0.160. The van der Waals surface area contributed by atoms with Crippen LogP contribution >= 0.6 is 0 Å². The lowest BCUT2D eigenvalue weighted by atomic mass is 10.0. The molecule has 2 amide bonds. The number of ketones is 2. The lowest BCUT2D eigenvalue weighted by Gasteiger charge is -2.22. The number of alkyl halides is 2. The van der Waals surface area contributed by atoms with Gasteiger partial charge in [-0.15, -0.1) is 0 Å². The number of carboxylic acid groups (broad SMARTS) is 1. The summed E-state index contributed by atoms with van der Waals surface area (Å²) in [7, 11) is 0. The molecule has 0 radical (unpaired) electrons. The molecule has 9 nitrogen and oxygen atoms in total. The van der Waals surface area contributed by atoms with Crippen molar-refractivity contribution in [1.29, 1.82) is 0 Å². The molecule has 0 aliphatic carbocycles. The number of aliphatic carboxylic acids is 1. The van der Waals surface area contributed by atoms with Crippen molar-refractivity contribution in [2.45, 2.75) is 38.2 Å². The molecule has 0 bridgehead atoms. The molecule has 0 heterocycles. The van der Waals surface area contributed by atoms with Crippen LogP contribution in [0.4, 0.5) is 13.6 Å². The highest BCUT2D eigenvalue weighted by molar-refractivity contribution is 6.40. The monoisotopic (exact) mass is 414 g/mol. The first-order chi connectivity index (χ1) is 13.6. The predicted octanol–water partition coefficient (Wildman–Crippen LogP) is 0.707. The summed E-state index contributed by atoms with van der Waals surface area (Å²) in [6.45, 7) is -0.910. The van der Waals surface area contributed by atoms with Crippen molar-refractivity contribution in [2.75, 3.05) is 6.67 Å². The lowest BCUT2D eigenvalue weighted by Crippen LogP contribution is -2.56. The van der Waals surface area contributed by atoms with Crippen LogP contribution in [0.1, 0.15) is 18.9 Å². The molecule has 0 saturated carbocycles. The number of carboxylic acids is 1. The van der Waals surface area contributed by atoms with Crippen LogP contribution < -0.4 is 10.6 Å². The van der Waals surface area contributed by atoms with E-state index in [2.05, 4.69) is 0 Å². The van der Waals surface area contributed by atoms with Crippen molar-refractivity contribution >= 4 is 29.5 Å². The second-order valence-corrected chi connectivity index (χ2v) is 5.94. The third kappa shape index (κ3) is 8.03. The topological polar surface area (TPSA) is 139 Å². The van der Waals surface area contributed by atoms with E-state index in [0.717, 1.165) is 6.92 Å². The van der Waals surface area contributed by atoms with Crippen LogP contribution in [-0.4, -0.2) is 59.6 Å². The quantitative estimate of drug-likeness (QED) is 0.453. The highest BCUT2D eigenvalue weighted by Gasteiger charge is 2.34. The number of hydrogen-bond donors (Lipinski definition) is 3. The zero-order chi connectivity index (χ0) is 22.0. The molecule has 1 aromatic carbocycles. The number of ether oxygens (including phenoxy) is 1. The average Bonchev–Trinajstić information content (AvgIpc) is 2.68. The van der Waals surface area contributed by atoms with Gasteiger partial charge in [-0.05, 0) is 12.5 Å². The molecular weight excluding hydrogens is 394 g/mol. The fourth-order valence-corrected chi connectivity index (χ4v) is 2.19. The van der Waals surface area contributed by atoms with Crippen molar-refractivity contribution < 1.29 is 42.6 Å². The molecule has 0 fully saturated rings. The number of nitrogens with one attached hydrogen (secondary N) is 2. The van der Waals surface area contributed by atoms with E-state index in [1.165, 1.54) is 0 Å². The largest absolute Gasteiger partial charge is 0.481 e. The average molecular weight is 414 g/mol. The number of amides is 2. The number of benzene rings is 1. The minimum atomic E-state index is -1.96. The van der Waals surface area contributed by atoms with Gasteiger partial charge < -0.3 is 20.5 Å². The molecule has 0 aliphatic heterocycles. The predicted molar refractivity (Wildman–Crippen MR) is 94.3 cm³/mol. The smallest absolute Gasteiger partial charge is 0.408 e. The second-order valence-electron chi connectivity index (χ2n) is 5.94. The third-order valence-electron chi connectivity index (χ3n) is 3.64. The summed E-state index contributed by atoms with van der Waals surface area (Å²) in [4.78, 5) is 57.8. The van der Waals surface area contributed by atoms with Gasteiger partial charge in [-0.1, -0.05) is 30.3 Å². The molecule has 3 unspecified atom stereocenters. The third-order valence-corrected chi connectivity index (χ3v) is 3.64. The Bertz CT molecular complexity index is 756. The van der Waals surface area contributed by atoms with E-state index >= 15 is 0 Å². The zero-order valence-electron chi connectivity index (χ0n) is 15.4. The van der Waals surface area contributed by atoms with Crippen LogP contribution in [0.25, 0.3) is 0 Å². The first kappa shape index (κ1) is 23.7. The van der Waals surface area contributed by atoms with Crippen LogP contribution in [0.2, 0.25) is 0 Å². The summed E-state index contributed by atoms with van der Waals surface area (Å²) in [6.07, 6.45) is -4.13. The first-order valence-corrected chi connectivity index (χ1v) is 8.42. The number of hydrogen-bond acceptors (Lipinski definition) is 6. The summed E-state index contributed by atoms with van der Waals surface area (Å²) in [5.74, 6) is -5.87. The summed E-state index contributed by atoms with van der Waals surface area (Å²) in [5, 5.41) is 12.6. The Morgan fingerprint density at radius 2 is 1.72 bits per heavy atom. The fourth-order valence-electron chi connectivity index (χ4n) is 2.19. The molecule has 29 heavy (non-hydrogen) atoms. The number of halogens is 2. The molecule has 1 rings (SSSR count). The van der Waals surface area contributed by atoms with Gasteiger partial charge in [-0.25, -0.2) is 13.6 Å². The number of carbonyl (C=O) groups excluding carboxylic acids is 4. The number of Topliss-reactive ketones (excluding diaryl/α,β-unsaturated/α-hetero) is 2. The molecule has 0 aliphatic rings. The lowest BCUT2D eigenvalue weighted by molar-refractivity contribution is -0.143. The first-order valence-electron chi connectivity index (χ1n) is 8.42. The van der Waals surface area contributed by atoms with Crippen molar-refractivity contribution in [2.24, 2.45) is 0 Å². The van der Waals surface area contributed by atoms with Gasteiger partial charge in [0.1, 0.15) is 24.9 Å². The Morgan fingerprint density at radius 3 is 2.24 bits per heavy atom. The molecule has 0 spiro atoms. The maximum absolute atomic E-state index is 13.8. The number of rotatable bonds is 11. The Labute approximate surface area is 164 Å². The van der Waals surface area contributed by atoms with Crippen LogP contribution in [0.5, 0.6) is 0 Å². The van der Waals surface area contributed by atoms with E-state index in [9.17, 15) is 32.8 Å². The van der Waals surface area contributed by atoms with Gasteiger partial charge in [0.05, 0.1) is 6.42 Å². The second kappa shape index (κ2) is 11.5. The normalized spacial score (nSPS) is 13.5. The summed E-state index contributed by atoms with van der Waals surface area (Å²) < 4.78 is 31.1.